The number of fused-ring (bicyclic) bond motifs is 1. The molecule has 1 atom stereocenters. The van der Waals surface area contributed by atoms with Crippen LogP contribution in [0.25, 0.3) is 10.8 Å². The van der Waals surface area contributed by atoms with E-state index < -0.39 is 0 Å². The predicted octanol–water partition coefficient (Wildman–Crippen LogP) is 4.40. The number of halogens is 2. The first-order chi connectivity index (χ1) is 14.6. The second-order valence-corrected chi connectivity index (χ2v) is 7.89. The van der Waals surface area contributed by atoms with Crippen LogP contribution in [-0.2, 0) is 0 Å². The van der Waals surface area contributed by atoms with Gasteiger partial charge < -0.3 is 14.8 Å². The van der Waals surface area contributed by atoms with Gasteiger partial charge >= 0.3 is 0 Å². The summed E-state index contributed by atoms with van der Waals surface area (Å²) in [7, 11) is 1.59. The van der Waals surface area contributed by atoms with Crippen molar-refractivity contribution in [2.45, 2.75) is 6.04 Å². The van der Waals surface area contributed by atoms with Crippen LogP contribution >= 0.6 is 23.2 Å². The van der Waals surface area contributed by atoms with Gasteiger partial charge in [-0.3, -0.25) is 9.88 Å². The summed E-state index contributed by atoms with van der Waals surface area (Å²) in [5.41, 5.74) is 1.52. The molecule has 0 amide bonds. The number of hydrogen-bond donors (Lipinski definition) is 1. The Labute approximate surface area is 184 Å². The lowest BCUT2D eigenvalue weighted by molar-refractivity contribution is 0.0927. The van der Waals surface area contributed by atoms with Gasteiger partial charge in [-0.2, -0.15) is 5.26 Å². The number of ether oxygens (including phenoxy) is 2. The third kappa shape index (κ3) is 4.30. The third-order valence-corrected chi connectivity index (χ3v) is 5.73. The molecular formula is C22H20Cl2N4O2. The van der Waals surface area contributed by atoms with Gasteiger partial charge in [0.1, 0.15) is 12.8 Å². The van der Waals surface area contributed by atoms with Gasteiger partial charge in [0.15, 0.2) is 11.5 Å². The molecule has 8 heteroatoms. The largest absolute Gasteiger partial charge is 0.493 e. The number of pyridine rings is 1. The Kier molecular flexibility index (Phi) is 6.26. The first-order valence-electron chi connectivity index (χ1n) is 9.48. The van der Waals surface area contributed by atoms with Crippen molar-refractivity contribution in [2.75, 3.05) is 33.5 Å². The van der Waals surface area contributed by atoms with Gasteiger partial charge in [-0.15, -0.1) is 0 Å². The van der Waals surface area contributed by atoms with E-state index in [1.165, 1.54) is 0 Å². The zero-order chi connectivity index (χ0) is 21.1. The molecule has 154 valence electrons. The van der Waals surface area contributed by atoms with E-state index in [0.29, 0.717) is 33.8 Å². The van der Waals surface area contributed by atoms with Crippen molar-refractivity contribution in [3.8, 4) is 17.6 Å². The zero-order valence-corrected chi connectivity index (χ0v) is 17.9. The topological polar surface area (TPSA) is 70.4 Å². The van der Waals surface area contributed by atoms with Crippen molar-refractivity contribution in [3.63, 3.8) is 0 Å². The smallest absolute Gasteiger partial charge is 0.163 e. The molecule has 2 heterocycles. The molecule has 2 aromatic carbocycles. The van der Waals surface area contributed by atoms with Crippen LogP contribution in [0, 0.1) is 11.3 Å². The minimum absolute atomic E-state index is 0.0907. The summed E-state index contributed by atoms with van der Waals surface area (Å²) in [4.78, 5) is 6.34. The maximum atomic E-state index is 9.30. The van der Waals surface area contributed by atoms with Gasteiger partial charge in [-0.25, -0.2) is 0 Å². The van der Waals surface area contributed by atoms with Crippen LogP contribution in [0.1, 0.15) is 17.2 Å². The Morgan fingerprint density at radius 1 is 1.23 bits per heavy atom. The molecule has 0 aliphatic carbocycles. The van der Waals surface area contributed by atoms with Crippen LogP contribution < -0.4 is 14.8 Å². The summed E-state index contributed by atoms with van der Waals surface area (Å²) in [6.07, 6.45) is 3.26. The molecule has 1 unspecified atom stereocenters. The van der Waals surface area contributed by atoms with Gasteiger partial charge in [-0.05, 0) is 29.8 Å². The SMILES string of the molecule is COc1cc2c(C#N)cncc2cc1OCN1CCNC(c2ccc(Cl)cc2Cl)C1. The predicted molar refractivity (Wildman–Crippen MR) is 117 cm³/mol. The number of benzene rings is 2. The van der Waals surface area contributed by atoms with E-state index >= 15 is 0 Å². The maximum absolute atomic E-state index is 9.30. The molecule has 1 aliphatic rings. The van der Waals surface area contributed by atoms with Crippen LogP contribution in [0.3, 0.4) is 0 Å². The fraction of sp³-hybridized carbons (Fsp3) is 0.273. The highest BCUT2D eigenvalue weighted by Crippen LogP contribution is 2.34. The lowest BCUT2D eigenvalue weighted by Gasteiger charge is -2.34. The Morgan fingerprint density at radius 3 is 2.87 bits per heavy atom. The average molecular weight is 443 g/mol. The normalized spacial score (nSPS) is 16.9. The van der Waals surface area contributed by atoms with E-state index in [1.807, 2.05) is 24.3 Å². The Morgan fingerprint density at radius 2 is 2.10 bits per heavy atom. The molecule has 0 radical (unpaired) electrons. The van der Waals surface area contributed by atoms with Gasteiger partial charge in [-0.1, -0.05) is 29.3 Å². The van der Waals surface area contributed by atoms with Crippen molar-refractivity contribution >= 4 is 34.0 Å². The van der Waals surface area contributed by atoms with Crippen LogP contribution in [0.15, 0.2) is 42.7 Å². The Hall–Kier alpha value is -2.56. The number of hydrogen-bond acceptors (Lipinski definition) is 6. The number of piperazine rings is 1. The lowest BCUT2D eigenvalue weighted by atomic mass is 10.0. The molecule has 1 N–H and O–H groups in total. The molecule has 6 nitrogen and oxygen atoms in total. The minimum Gasteiger partial charge on any atom is -0.493 e. The summed E-state index contributed by atoms with van der Waals surface area (Å²) in [6, 6.07) is 11.5. The number of rotatable bonds is 5. The first kappa shape index (κ1) is 20.7. The minimum atomic E-state index is 0.0907. The summed E-state index contributed by atoms with van der Waals surface area (Å²) < 4.78 is 11.6. The van der Waals surface area contributed by atoms with Crippen LogP contribution in [0.5, 0.6) is 11.5 Å². The summed E-state index contributed by atoms with van der Waals surface area (Å²) in [6.45, 7) is 2.81. The standard InChI is InChI=1S/C22H20Cl2N4O2/c1-29-21-8-18-14(10-26-11-15(18)9-25)6-22(21)30-13-28-5-4-27-20(12-28)17-3-2-16(23)7-19(17)24/h2-3,6-8,10-11,20,27H,4-5,12-13H2,1H3. The van der Waals surface area contributed by atoms with E-state index in [1.54, 1.807) is 25.6 Å². The van der Waals surface area contributed by atoms with Crippen molar-refractivity contribution in [1.82, 2.24) is 15.2 Å². The highest BCUT2D eigenvalue weighted by molar-refractivity contribution is 6.35. The number of nitrogens with zero attached hydrogens (tertiary/aromatic N) is 3. The molecule has 1 aliphatic heterocycles. The van der Waals surface area contributed by atoms with E-state index in [9.17, 15) is 5.26 Å². The lowest BCUT2D eigenvalue weighted by Crippen LogP contribution is -2.47. The van der Waals surface area contributed by atoms with Crippen molar-refractivity contribution in [3.05, 3.63) is 63.9 Å². The van der Waals surface area contributed by atoms with Gasteiger partial charge in [0.05, 0.1) is 12.7 Å². The third-order valence-electron chi connectivity index (χ3n) is 5.16. The highest BCUT2D eigenvalue weighted by Gasteiger charge is 2.23. The highest BCUT2D eigenvalue weighted by atomic mass is 35.5. The van der Waals surface area contributed by atoms with Crippen molar-refractivity contribution in [1.29, 1.82) is 5.26 Å². The second-order valence-electron chi connectivity index (χ2n) is 7.05. The molecule has 4 rings (SSSR count). The Bertz CT molecular complexity index is 1120. The molecule has 1 saturated heterocycles. The summed E-state index contributed by atoms with van der Waals surface area (Å²) >= 11 is 12.4. The fourth-order valence-electron chi connectivity index (χ4n) is 3.62. The van der Waals surface area contributed by atoms with E-state index in [2.05, 4.69) is 21.3 Å². The Balaban J connectivity index is 1.50. The number of nitriles is 1. The van der Waals surface area contributed by atoms with Gasteiger partial charge in [0.2, 0.25) is 0 Å². The van der Waals surface area contributed by atoms with E-state index in [4.69, 9.17) is 32.7 Å². The van der Waals surface area contributed by atoms with Crippen LogP contribution in [0.4, 0.5) is 0 Å². The second kappa shape index (κ2) is 9.07. The van der Waals surface area contributed by atoms with Crippen molar-refractivity contribution < 1.29 is 9.47 Å². The van der Waals surface area contributed by atoms with Crippen LogP contribution in [-0.4, -0.2) is 43.4 Å². The quantitative estimate of drug-likeness (QED) is 0.630. The molecule has 3 aromatic rings. The average Bonchev–Trinajstić information content (AvgIpc) is 2.76. The number of methoxy groups -OCH3 is 1. The number of aromatic nitrogens is 1. The zero-order valence-electron chi connectivity index (χ0n) is 16.4. The van der Waals surface area contributed by atoms with Crippen molar-refractivity contribution in [2.24, 2.45) is 0 Å². The van der Waals surface area contributed by atoms with E-state index in [0.717, 1.165) is 36.0 Å². The van der Waals surface area contributed by atoms with Gasteiger partial charge in [0, 0.05) is 58.9 Å². The fourth-order valence-corrected chi connectivity index (χ4v) is 4.16. The molecule has 0 saturated carbocycles. The number of nitrogens with one attached hydrogen (secondary N) is 1. The molecule has 0 bridgehead atoms. The van der Waals surface area contributed by atoms with E-state index in [-0.39, 0.29) is 6.04 Å². The molecule has 0 spiro atoms. The molecule has 1 fully saturated rings. The monoisotopic (exact) mass is 442 g/mol. The summed E-state index contributed by atoms with van der Waals surface area (Å²) in [5, 5.41) is 15.7. The van der Waals surface area contributed by atoms with Crippen LogP contribution in [0.2, 0.25) is 10.0 Å². The van der Waals surface area contributed by atoms with Gasteiger partial charge in [0.25, 0.3) is 0 Å². The molecule has 1 aromatic heterocycles. The first-order valence-corrected chi connectivity index (χ1v) is 10.2. The molecule has 30 heavy (non-hydrogen) atoms. The summed E-state index contributed by atoms with van der Waals surface area (Å²) in [5.74, 6) is 1.19. The maximum Gasteiger partial charge on any atom is 0.163 e. The molecular weight excluding hydrogens is 423 g/mol.